The van der Waals surface area contributed by atoms with E-state index in [9.17, 15) is 13.2 Å². The van der Waals surface area contributed by atoms with Crippen molar-refractivity contribution >= 4 is 42.6 Å². The van der Waals surface area contributed by atoms with Crippen LogP contribution in [-0.4, -0.2) is 75.9 Å². The molecule has 0 radical (unpaired) electrons. The van der Waals surface area contributed by atoms with E-state index in [1.807, 2.05) is 32.3 Å². The van der Waals surface area contributed by atoms with E-state index in [1.54, 1.807) is 31.2 Å². The molecule has 0 saturated heterocycles. The number of aromatic nitrogens is 1. The summed E-state index contributed by atoms with van der Waals surface area (Å²) in [4.78, 5) is 22.2. The first-order valence-electron chi connectivity index (χ1n) is 11.2. The summed E-state index contributed by atoms with van der Waals surface area (Å²) in [7, 11) is 3.66. The molecule has 34 heavy (non-hydrogen) atoms. The Balaban J connectivity index is 1.61. The minimum absolute atomic E-state index is 0.0798. The third-order valence-electron chi connectivity index (χ3n) is 5.89. The number of hydrogen-bond acceptors (Lipinski definition) is 7. The van der Waals surface area contributed by atoms with Gasteiger partial charge in [-0.2, -0.15) is 4.31 Å². The van der Waals surface area contributed by atoms with E-state index in [0.29, 0.717) is 17.2 Å². The Morgan fingerprint density at radius 2 is 1.79 bits per heavy atom. The molecule has 1 aliphatic carbocycles. The maximum Gasteiger partial charge on any atom is 0.260 e. The molecule has 0 aliphatic heterocycles. The van der Waals surface area contributed by atoms with E-state index in [-0.39, 0.29) is 16.8 Å². The van der Waals surface area contributed by atoms with Crippen molar-refractivity contribution in [2.75, 3.05) is 46.2 Å². The molecule has 3 aromatic rings. The van der Waals surface area contributed by atoms with Gasteiger partial charge in [0, 0.05) is 25.2 Å². The lowest BCUT2D eigenvalue weighted by atomic mass is 10.2. The number of amides is 1. The number of hydrogen-bond donors (Lipinski definition) is 0. The number of methoxy groups -OCH3 is 1. The van der Waals surface area contributed by atoms with Gasteiger partial charge in [-0.3, -0.25) is 9.69 Å². The number of carbonyl (C=O) groups excluding carboxylic acids is 1. The molecule has 1 aliphatic rings. The average molecular weight is 503 g/mol. The summed E-state index contributed by atoms with van der Waals surface area (Å²) >= 11 is 1.44. The fraction of sp³-hybridized carbons (Fsp3) is 0.417. The summed E-state index contributed by atoms with van der Waals surface area (Å²) < 4.78 is 33.3. The minimum Gasteiger partial charge on any atom is -0.497 e. The quantitative estimate of drug-likeness (QED) is 0.421. The predicted molar refractivity (Wildman–Crippen MR) is 135 cm³/mol. The lowest BCUT2D eigenvalue weighted by Gasteiger charge is -2.21. The number of fused-ring (bicyclic) bond motifs is 1. The molecule has 1 fully saturated rings. The van der Waals surface area contributed by atoms with Crippen LogP contribution in [0.1, 0.15) is 29.6 Å². The highest BCUT2D eigenvalue weighted by atomic mass is 32.2. The predicted octanol–water partition coefficient (Wildman–Crippen LogP) is 3.69. The van der Waals surface area contributed by atoms with Crippen molar-refractivity contribution in [2.24, 2.45) is 0 Å². The zero-order valence-corrected chi connectivity index (χ0v) is 21.5. The van der Waals surface area contributed by atoms with Gasteiger partial charge in [-0.1, -0.05) is 11.3 Å². The second kappa shape index (κ2) is 9.99. The molecule has 2 aromatic carbocycles. The largest absolute Gasteiger partial charge is 0.497 e. The first-order chi connectivity index (χ1) is 16.2. The number of carbonyl (C=O) groups is 1. The second-order valence-electron chi connectivity index (χ2n) is 8.72. The van der Waals surface area contributed by atoms with Gasteiger partial charge in [0.2, 0.25) is 10.0 Å². The molecule has 10 heteroatoms. The van der Waals surface area contributed by atoms with Crippen LogP contribution in [-0.2, 0) is 10.0 Å². The highest BCUT2D eigenvalue weighted by molar-refractivity contribution is 7.89. The van der Waals surface area contributed by atoms with E-state index in [2.05, 4.69) is 4.90 Å². The van der Waals surface area contributed by atoms with Crippen molar-refractivity contribution in [3.05, 3.63) is 48.0 Å². The maximum absolute atomic E-state index is 13.5. The Hall–Kier alpha value is -2.53. The van der Waals surface area contributed by atoms with Crippen LogP contribution in [0.2, 0.25) is 0 Å². The fourth-order valence-corrected chi connectivity index (χ4v) is 6.12. The monoisotopic (exact) mass is 502 g/mol. The highest BCUT2D eigenvalue weighted by Crippen LogP contribution is 2.33. The van der Waals surface area contributed by atoms with E-state index in [0.717, 1.165) is 41.8 Å². The molecule has 1 aromatic heterocycles. The molecule has 1 heterocycles. The number of rotatable bonds is 10. The van der Waals surface area contributed by atoms with Crippen LogP contribution in [0.5, 0.6) is 5.75 Å². The highest BCUT2D eigenvalue weighted by Gasteiger charge is 2.35. The third kappa shape index (κ3) is 5.25. The van der Waals surface area contributed by atoms with Crippen molar-refractivity contribution in [1.29, 1.82) is 0 Å². The third-order valence-corrected chi connectivity index (χ3v) is 8.85. The molecular weight excluding hydrogens is 472 g/mol. The van der Waals surface area contributed by atoms with E-state index in [1.165, 1.54) is 27.8 Å². The SMILES string of the molecule is COc1ccc2nc(N(CCCN(C)C)C(=O)c3ccc(S(=O)(=O)N(C)C4CC4)cc3)sc2c1. The van der Waals surface area contributed by atoms with Crippen LogP contribution >= 0.6 is 11.3 Å². The van der Waals surface area contributed by atoms with Gasteiger partial charge in [0.05, 0.1) is 22.2 Å². The van der Waals surface area contributed by atoms with Gasteiger partial charge < -0.3 is 9.64 Å². The summed E-state index contributed by atoms with van der Waals surface area (Å²) in [5, 5.41) is 0.608. The molecule has 0 spiro atoms. The molecule has 182 valence electrons. The minimum atomic E-state index is -3.56. The van der Waals surface area contributed by atoms with Gasteiger partial charge >= 0.3 is 0 Å². The van der Waals surface area contributed by atoms with Crippen molar-refractivity contribution in [1.82, 2.24) is 14.2 Å². The van der Waals surface area contributed by atoms with Crippen molar-refractivity contribution in [3.8, 4) is 5.75 Å². The van der Waals surface area contributed by atoms with Crippen LogP contribution in [0.3, 0.4) is 0 Å². The number of ether oxygens (including phenoxy) is 1. The topological polar surface area (TPSA) is 83.0 Å². The molecule has 0 unspecified atom stereocenters. The standard InChI is InChI=1S/C24H30N4O4S2/c1-26(2)14-5-15-28(24-25-21-13-10-19(32-4)16-22(21)33-24)23(29)17-6-11-20(12-7-17)34(30,31)27(3)18-8-9-18/h6-7,10-13,16,18H,5,8-9,14-15H2,1-4H3. The average Bonchev–Trinajstić information content (AvgIpc) is 3.59. The molecule has 0 bridgehead atoms. The van der Waals surface area contributed by atoms with Gasteiger partial charge in [0.15, 0.2) is 5.13 Å². The zero-order valence-electron chi connectivity index (χ0n) is 19.9. The van der Waals surface area contributed by atoms with Crippen molar-refractivity contribution in [3.63, 3.8) is 0 Å². The van der Waals surface area contributed by atoms with Crippen LogP contribution in [0.15, 0.2) is 47.4 Å². The Morgan fingerprint density at radius 3 is 2.41 bits per heavy atom. The molecule has 8 nitrogen and oxygen atoms in total. The number of thiazole rings is 1. The molecular formula is C24H30N4O4S2. The molecule has 0 N–H and O–H groups in total. The Bertz CT molecular complexity index is 1270. The summed E-state index contributed by atoms with van der Waals surface area (Å²) in [5.41, 5.74) is 1.23. The summed E-state index contributed by atoms with van der Waals surface area (Å²) in [6.07, 6.45) is 2.56. The lowest BCUT2D eigenvalue weighted by molar-refractivity contribution is 0.0986. The molecule has 0 atom stereocenters. The number of anilines is 1. The van der Waals surface area contributed by atoms with Crippen molar-refractivity contribution < 1.29 is 17.9 Å². The Labute approximate surface area is 204 Å². The normalized spacial score (nSPS) is 14.2. The van der Waals surface area contributed by atoms with E-state index >= 15 is 0 Å². The van der Waals surface area contributed by atoms with Crippen LogP contribution in [0.25, 0.3) is 10.2 Å². The second-order valence-corrected chi connectivity index (χ2v) is 11.7. The zero-order chi connectivity index (χ0) is 24.5. The van der Waals surface area contributed by atoms with Gasteiger partial charge in [-0.05, 0) is 82.4 Å². The van der Waals surface area contributed by atoms with Crippen LogP contribution in [0, 0.1) is 0 Å². The maximum atomic E-state index is 13.5. The fourth-order valence-electron chi connectivity index (χ4n) is 3.69. The molecule has 4 rings (SSSR count). The Kier molecular flexibility index (Phi) is 7.22. The van der Waals surface area contributed by atoms with Crippen LogP contribution in [0.4, 0.5) is 5.13 Å². The van der Waals surface area contributed by atoms with Gasteiger partial charge in [-0.25, -0.2) is 13.4 Å². The summed E-state index contributed by atoms with van der Waals surface area (Å²) in [5.74, 6) is 0.533. The number of benzene rings is 2. The number of nitrogens with zero attached hydrogens (tertiary/aromatic N) is 4. The van der Waals surface area contributed by atoms with Gasteiger partial charge in [0.25, 0.3) is 5.91 Å². The van der Waals surface area contributed by atoms with Crippen molar-refractivity contribution in [2.45, 2.75) is 30.2 Å². The lowest BCUT2D eigenvalue weighted by Crippen LogP contribution is -2.33. The first kappa shape index (κ1) is 24.6. The summed E-state index contributed by atoms with van der Waals surface area (Å²) in [6.45, 7) is 1.33. The Morgan fingerprint density at radius 1 is 1.09 bits per heavy atom. The van der Waals surface area contributed by atoms with E-state index in [4.69, 9.17) is 9.72 Å². The van der Waals surface area contributed by atoms with Gasteiger partial charge in [0.1, 0.15) is 5.75 Å². The first-order valence-corrected chi connectivity index (χ1v) is 13.5. The summed E-state index contributed by atoms with van der Waals surface area (Å²) in [6, 6.07) is 11.9. The number of sulfonamides is 1. The molecule has 1 saturated carbocycles. The smallest absolute Gasteiger partial charge is 0.260 e. The van der Waals surface area contributed by atoms with E-state index < -0.39 is 10.0 Å². The van der Waals surface area contributed by atoms with Crippen LogP contribution < -0.4 is 9.64 Å². The molecule has 1 amide bonds. The van der Waals surface area contributed by atoms with Gasteiger partial charge in [-0.15, -0.1) is 0 Å².